The van der Waals surface area contributed by atoms with E-state index in [0.717, 1.165) is 25.7 Å². The number of nitrogens with zero attached hydrogens (tertiary/aromatic N) is 3. The normalized spacial score (nSPS) is 20.2. The highest BCUT2D eigenvalue weighted by molar-refractivity contribution is 7.89. The van der Waals surface area contributed by atoms with Crippen molar-refractivity contribution in [2.75, 3.05) is 13.1 Å². The molecule has 1 heterocycles. The smallest absolute Gasteiger partial charge is 0.263 e. The third-order valence-corrected chi connectivity index (χ3v) is 6.06. The van der Waals surface area contributed by atoms with E-state index in [4.69, 9.17) is 11.6 Å². The molecule has 2 aliphatic carbocycles. The van der Waals surface area contributed by atoms with Crippen LogP contribution in [0, 0.1) is 11.8 Å². The summed E-state index contributed by atoms with van der Waals surface area (Å²) in [5.41, 5.74) is 0. The molecule has 0 aromatic carbocycles. The number of aryl methyl sites for hydroxylation is 1. The number of aromatic nitrogens is 2. The van der Waals surface area contributed by atoms with Gasteiger partial charge in [-0.2, -0.15) is 4.31 Å². The lowest BCUT2D eigenvalue weighted by Crippen LogP contribution is -2.35. The summed E-state index contributed by atoms with van der Waals surface area (Å²) < 4.78 is 28.4. The van der Waals surface area contributed by atoms with Gasteiger partial charge in [-0.3, -0.25) is 0 Å². The van der Waals surface area contributed by atoms with Gasteiger partial charge in [-0.1, -0.05) is 11.6 Å². The lowest BCUT2D eigenvalue weighted by Gasteiger charge is -2.21. The summed E-state index contributed by atoms with van der Waals surface area (Å²) in [5, 5.41) is 0.189. The first kappa shape index (κ1) is 13.4. The molecule has 0 atom stereocenters. The molecule has 2 saturated carbocycles. The molecule has 0 radical (unpaired) electrons. The van der Waals surface area contributed by atoms with Gasteiger partial charge in [-0.05, 0) is 37.5 Å². The van der Waals surface area contributed by atoms with Crippen molar-refractivity contribution in [2.24, 2.45) is 18.9 Å². The molecule has 0 unspecified atom stereocenters. The van der Waals surface area contributed by atoms with E-state index < -0.39 is 10.0 Å². The fourth-order valence-electron chi connectivity index (χ4n) is 2.14. The van der Waals surface area contributed by atoms with Crippen molar-refractivity contribution < 1.29 is 8.42 Å². The second kappa shape index (κ2) is 4.75. The fraction of sp³-hybridized carbons (Fsp3) is 0.750. The van der Waals surface area contributed by atoms with E-state index in [-0.39, 0.29) is 10.2 Å². The van der Waals surface area contributed by atoms with Gasteiger partial charge in [0.2, 0.25) is 5.03 Å². The first-order valence-corrected chi connectivity index (χ1v) is 8.47. The lowest BCUT2D eigenvalue weighted by atomic mass is 10.4. The average molecular weight is 304 g/mol. The molecule has 7 heteroatoms. The number of imidazole rings is 1. The number of sulfonamides is 1. The van der Waals surface area contributed by atoms with E-state index >= 15 is 0 Å². The molecule has 0 amide bonds. The van der Waals surface area contributed by atoms with E-state index in [0.29, 0.717) is 24.9 Å². The van der Waals surface area contributed by atoms with Crippen molar-refractivity contribution in [3.05, 3.63) is 11.5 Å². The number of hydrogen-bond donors (Lipinski definition) is 0. The SMILES string of the molecule is Cn1cnc(S(=O)(=O)N(CC2CC2)CC2CC2)c1Cl. The van der Waals surface area contributed by atoms with Gasteiger partial charge in [0.05, 0.1) is 6.33 Å². The van der Waals surface area contributed by atoms with Crippen molar-refractivity contribution in [3.8, 4) is 0 Å². The highest BCUT2D eigenvalue weighted by Gasteiger charge is 2.37. The standard InChI is InChI=1S/C12H18ClN3O2S/c1-15-8-14-12(11(15)13)19(17,18)16(6-9-2-3-9)7-10-4-5-10/h8-10H,2-7H2,1H3. The Morgan fingerprint density at radius 1 is 1.32 bits per heavy atom. The fourth-order valence-corrected chi connectivity index (χ4v) is 4.12. The van der Waals surface area contributed by atoms with Gasteiger partial charge in [0, 0.05) is 20.1 Å². The van der Waals surface area contributed by atoms with Crippen molar-refractivity contribution >= 4 is 21.6 Å². The largest absolute Gasteiger partial charge is 0.324 e. The zero-order valence-corrected chi connectivity index (χ0v) is 12.5. The van der Waals surface area contributed by atoms with Crippen molar-refractivity contribution in [3.63, 3.8) is 0 Å². The Kier molecular flexibility index (Phi) is 3.35. The predicted octanol–water partition coefficient (Wildman–Crippen LogP) is 1.88. The van der Waals surface area contributed by atoms with Crippen molar-refractivity contribution in [1.29, 1.82) is 0 Å². The van der Waals surface area contributed by atoms with Crippen molar-refractivity contribution in [2.45, 2.75) is 30.7 Å². The minimum absolute atomic E-state index is 0.00188. The number of halogens is 1. The third kappa shape index (κ3) is 2.80. The topological polar surface area (TPSA) is 55.2 Å². The summed E-state index contributed by atoms with van der Waals surface area (Å²) in [5.74, 6) is 1.05. The maximum atomic E-state index is 12.7. The van der Waals surface area contributed by atoms with Gasteiger partial charge in [0.25, 0.3) is 10.0 Å². The third-order valence-electron chi connectivity index (χ3n) is 3.74. The number of hydrogen-bond acceptors (Lipinski definition) is 3. The van der Waals surface area contributed by atoms with Crippen LogP contribution in [0.15, 0.2) is 11.4 Å². The Morgan fingerprint density at radius 3 is 2.21 bits per heavy atom. The van der Waals surface area contributed by atoms with Crippen LogP contribution in [-0.2, 0) is 17.1 Å². The first-order chi connectivity index (χ1) is 8.98. The highest BCUT2D eigenvalue weighted by Crippen LogP contribution is 2.36. The van der Waals surface area contributed by atoms with Gasteiger partial charge in [0.1, 0.15) is 5.15 Å². The monoisotopic (exact) mass is 303 g/mol. The zero-order chi connectivity index (χ0) is 13.6. The first-order valence-electron chi connectivity index (χ1n) is 6.65. The van der Waals surface area contributed by atoms with Crippen LogP contribution in [0.3, 0.4) is 0 Å². The Balaban J connectivity index is 1.87. The van der Waals surface area contributed by atoms with E-state index in [1.165, 1.54) is 10.9 Å². The van der Waals surface area contributed by atoms with Crippen LogP contribution in [0.4, 0.5) is 0 Å². The van der Waals surface area contributed by atoms with Crippen molar-refractivity contribution in [1.82, 2.24) is 13.9 Å². The van der Waals surface area contributed by atoms with Crippen LogP contribution in [0.1, 0.15) is 25.7 Å². The van der Waals surface area contributed by atoms with E-state index in [1.807, 2.05) is 0 Å². The van der Waals surface area contributed by atoms with E-state index in [2.05, 4.69) is 4.98 Å². The molecule has 106 valence electrons. The summed E-state index contributed by atoms with van der Waals surface area (Å²) >= 11 is 6.04. The molecule has 1 aromatic heterocycles. The summed E-state index contributed by atoms with van der Waals surface area (Å²) in [7, 11) is -1.86. The minimum Gasteiger partial charge on any atom is -0.324 e. The Hall–Kier alpha value is -0.590. The van der Waals surface area contributed by atoms with Crippen LogP contribution < -0.4 is 0 Å². The molecular formula is C12H18ClN3O2S. The molecule has 0 spiro atoms. The predicted molar refractivity (Wildman–Crippen MR) is 72.4 cm³/mol. The van der Waals surface area contributed by atoms with Crippen LogP contribution in [-0.4, -0.2) is 35.4 Å². The van der Waals surface area contributed by atoms with Gasteiger partial charge >= 0.3 is 0 Å². The molecule has 5 nitrogen and oxygen atoms in total. The molecule has 0 aliphatic heterocycles. The Morgan fingerprint density at radius 2 is 1.84 bits per heavy atom. The molecule has 0 saturated heterocycles. The summed E-state index contributed by atoms with van der Waals surface area (Å²) in [6.07, 6.45) is 5.97. The average Bonchev–Trinajstić information content (AvgIpc) is 3.23. The van der Waals surface area contributed by atoms with E-state index in [9.17, 15) is 8.42 Å². The summed E-state index contributed by atoms with van der Waals surface area (Å²) in [4.78, 5) is 3.96. The van der Waals surface area contributed by atoms with Crippen LogP contribution in [0.2, 0.25) is 5.15 Å². The second-order valence-electron chi connectivity index (χ2n) is 5.66. The lowest BCUT2D eigenvalue weighted by molar-refractivity contribution is 0.381. The van der Waals surface area contributed by atoms with E-state index in [1.54, 1.807) is 11.4 Å². The summed E-state index contributed by atoms with van der Waals surface area (Å²) in [6, 6.07) is 0. The number of rotatable bonds is 6. The minimum atomic E-state index is -3.55. The Labute approximate surface area is 118 Å². The van der Waals surface area contributed by atoms with Crippen LogP contribution in [0.25, 0.3) is 0 Å². The quantitative estimate of drug-likeness (QED) is 0.806. The van der Waals surface area contributed by atoms with Gasteiger partial charge < -0.3 is 4.57 Å². The molecule has 2 fully saturated rings. The Bertz CT molecular complexity index is 562. The summed E-state index contributed by atoms with van der Waals surface area (Å²) in [6.45, 7) is 1.23. The van der Waals surface area contributed by atoms with Gasteiger partial charge in [-0.15, -0.1) is 0 Å². The van der Waals surface area contributed by atoms with Gasteiger partial charge in [-0.25, -0.2) is 13.4 Å². The zero-order valence-electron chi connectivity index (χ0n) is 10.9. The van der Waals surface area contributed by atoms with Crippen LogP contribution in [0.5, 0.6) is 0 Å². The molecule has 3 rings (SSSR count). The van der Waals surface area contributed by atoms with Crippen LogP contribution >= 0.6 is 11.6 Å². The second-order valence-corrected chi connectivity index (χ2v) is 7.87. The maximum Gasteiger partial charge on any atom is 0.263 e. The maximum absolute atomic E-state index is 12.7. The van der Waals surface area contributed by atoms with Gasteiger partial charge in [0.15, 0.2) is 0 Å². The molecule has 2 aliphatic rings. The molecule has 19 heavy (non-hydrogen) atoms. The molecule has 0 bridgehead atoms. The highest BCUT2D eigenvalue weighted by atomic mass is 35.5. The molecular weight excluding hydrogens is 286 g/mol. The molecule has 0 N–H and O–H groups in total. The molecule has 1 aromatic rings.